The van der Waals surface area contributed by atoms with Gasteiger partial charge < -0.3 is 24.3 Å². The van der Waals surface area contributed by atoms with Crippen LogP contribution in [-0.2, 0) is 6.54 Å². The molecule has 32 heavy (non-hydrogen) atoms. The van der Waals surface area contributed by atoms with Crippen LogP contribution in [0.15, 0.2) is 47.1 Å². The van der Waals surface area contributed by atoms with Crippen molar-refractivity contribution in [3.8, 4) is 23.0 Å². The molecule has 0 atom stereocenters. The maximum atomic E-state index is 12.6. The van der Waals surface area contributed by atoms with Gasteiger partial charge in [-0.15, -0.1) is 0 Å². The van der Waals surface area contributed by atoms with Crippen LogP contribution in [0.1, 0.15) is 40.5 Å². The summed E-state index contributed by atoms with van der Waals surface area (Å²) in [5.41, 5.74) is 0.524. The number of carboxylic acids is 1. The molecular formula is C21H19F2N3O6. The Morgan fingerprint density at radius 3 is 2.53 bits per heavy atom. The summed E-state index contributed by atoms with van der Waals surface area (Å²) in [6, 6.07) is 8.35. The van der Waals surface area contributed by atoms with Gasteiger partial charge >= 0.3 is 12.6 Å². The maximum Gasteiger partial charge on any atom is 0.387 e. The van der Waals surface area contributed by atoms with Crippen LogP contribution in [0.25, 0.3) is 11.5 Å². The van der Waals surface area contributed by atoms with Gasteiger partial charge in [0.05, 0.1) is 18.3 Å². The summed E-state index contributed by atoms with van der Waals surface area (Å²) in [5, 5.41) is 11.5. The fourth-order valence-electron chi connectivity index (χ4n) is 2.64. The molecule has 2 aromatic heterocycles. The Balaban J connectivity index is 1.72. The molecule has 1 aromatic carbocycles. The van der Waals surface area contributed by atoms with Crippen LogP contribution >= 0.6 is 0 Å². The summed E-state index contributed by atoms with van der Waals surface area (Å²) in [4.78, 5) is 31.2. The van der Waals surface area contributed by atoms with Gasteiger partial charge in [-0.25, -0.2) is 14.8 Å². The van der Waals surface area contributed by atoms with E-state index in [1.54, 1.807) is 13.8 Å². The van der Waals surface area contributed by atoms with E-state index in [0.717, 1.165) is 0 Å². The summed E-state index contributed by atoms with van der Waals surface area (Å²) in [6.45, 7) is 0.471. The maximum absolute atomic E-state index is 12.6. The molecule has 11 heteroatoms. The second kappa shape index (κ2) is 9.86. The number of alkyl halides is 2. The van der Waals surface area contributed by atoms with Crippen molar-refractivity contribution >= 4 is 11.9 Å². The first-order valence-electron chi connectivity index (χ1n) is 9.41. The average molecular weight is 447 g/mol. The number of pyridine rings is 1. The molecular weight excluding hydrogens is 428 g/mol. The molecule has 0 saturated carbocycles. The van der Waals surface area contributed by atoms with E-state index in [1.807, 2.05) is 0 Å². The molecule has 0 radical (unpaired) electrons. The van der Waals surface area contributed by atoms with E-state index < -0.39 is 18.5 Å². The van der Waals surface area contributed by atoms with Crippen LogP contribution in [-0.4, -0.2) is 39.7 Å². The van der Waals surface area contributed by atoms with E-state index in [4.69, 9.17) is 14.3 Å². The Hall–Kier alpha value is -4.02. The Kier molecular flexibility index (Phi) is 6.98. The summed E-state index contributed by atoms with van der Waals surface area (Å²) in [6.07, 6.45) is 1.04. The Labute approximate surface area is 181 Å². The molecule has 0 unspecified atom stereocenters. The minimum atomic E-state index is -3.00. The van der Waals surface area contributed by atoms with Crippen molar-refractivity contribution in [1.82, 2.24) is 15.3 Å². The van der Waals surface area contributed by atoms with E-state index in [-0.39, 0.29) is 41.4 Å². The number of rotatable bonds is 9. The van der Waals surface area contributed by atoms with E-state index in [1.165, 1.54) is 42.7 Å². The molecule has 9 nitrogen and oxygen atoms in total. The highest BCUT2D eigenvalue weighted by Crippen LogP contribution is 2.34. The van der Waals surface area contributed by atoms with Gasteiger partial charge in [0.1, 0.15) is 17.7 Å². The molecule has 0 saturated heterocycles. The Morgan fingerprint density at radius 2 is 1.84 bits per heavy atom. The number of carbonyl (C=O) groups excluding carboxylic acids is 1. The highest BCUT2D eigenvalue weighted by molar-refractivity contribution is 5.94. The van der Waals surface area contributed by atoms with Gasteiger partial charge in [-0.1, -0.05) is 6.07 Å². The minimum absolute atomic E-state index is 0.0107. The van der Waals surface area contributed by atoms with E-state index in [9.17, 15) is 18.4 Å². The van der Waals surface area contributed by atoms with Crippen LogP contribution in [0, 0.1) is 0 Å². The average Bonchev–Trinajstić information content (AvgIpc) is 3.21. The number of halogens is 2. The van der Waals surface area contributed by atoms with Crippen molar-refractivity contribution in [1.29, 1.82) is 0 Å². The first-order valence-corrected chi connectivity index (χ1v) is 9.41. The molecule has 0 aliphatic rings. The number of benzene rings is 1. The number of nitrogens with zero attached hydrogens (tertiary/aromatic N) is 2. The summed E-state index contributed by atoms with van der Waals surface area (Å²) < 4.78 is 40.7. The van der Waals surface area contributed by atoms with Crippen molar-refractivity contribution in [2.24, 2.45) is 0 Å². The standard InChI is InChI=1S/C21H19F2N3O6/c1-11(2)31-17-8-12(6-7-16(17)32-21(22)23)19-25-13(10-30-19)9-24-18(27)14-4-3-5-15(26-14)20(28)29/h3-8,10-11,21H,9H2,1-2H3,(H,24,27)(H,28,29). The lowest BCUT2D eigenvalue weighted by atomic mass is 10.2. The SMILES string of the molecule is CC(C)Oc1cc(-c2nc(CNC(=O)c3cccc(C(=O)O)n3)co2)ccc1OC(F)F. The van der Waals surface area contributed by atoms with Gasteiger partial charge in [0.25, 0.3) is 5.91 Å². The van der Waals surface area contributed by atoms with Crippen LogP contribution in [0.2, 0.25) is 0 Å². The molecule has 2 heterocycles. The molecule has 2 N–H and O–H groups in total. The second-order valence-electron chi connectivity index (χ2n) is 6.75. The van der Waals surface area contributed by atoms with Crippen LogP contribution in [0.3, 0.4) is 0 Å². The molecule has 3 rings (SSSR count). The summed E-state index contributed by atoms with van der Waals surface area (Å²) >= 11 is 0. The predicted octanol–water partition coefficient (Wildman–Crippen LogP) is 3.75. The highest BCUT2D eigenvalue weighted by Gasteiger charge is 2.17. The van der Waals surface area contributed by atoms with Crippen molar-refractivity contribution < 1.29 is 37.4 Å². The van der Waals surface area contributed by atoms with Crippen molar-refractivity contribution in [3.63, 3.8) is 0 Å². The van der Waals surface area contributed by atoms with Crippen LogP contribution in [0.4, 0.5) is 8.78 Å². The zero-order valence-corrected chi connectivity index (χ0v) is 17.0. The fourth-order valence-corrected chi connectivity index (χ4v) is 2.64. The quantitative estimate of drug-likeness (QED) is 0.508. The Bertz CT molecular complexity index is 1120. The first kappa shape index (κ1) is 22.7. The van der Waals surface area contributed by atoms with Crippen LogP contribution < -0.4 is 14.8 Å². The number of ether oxygens (including phenoxy) is 2. The van der Waals surface area contributed by atoms with Gasteiger partial charge in [-0.3, -0.25) is 4.79 Å². The van der Waals surface area contributed by atoms with Crippen molar-refractivity contribution in [2.45, 2.75) is 33.1 Å². The number of aromatic nitrogens is 2. The third-order valence-corrected chi connectivity index (χ3v) is 3.95. The summed E-state index contributed by atoms with van der Waals surface area (Å²) in [5.74, 6) is -1.66. The largest absolute Gasteiger partial charge is 0.487 e. The number of nitrogens with one attached hydrogen (secondary N) is 1. The molecule has 0 aliphatic carbocycles. The minimum Gasteiger partial charge on any atom is -0.487 e. The van der Waals surface area contributed by atoms with Gasteiger partial charge in [-0.2, -0.15) is 8.78 Å². The number of amides is 1. The fraction of sp³-hybridized carbons (Fsp3) is 0.238. The smallest absolute Gasteiger partial charge is 0.387 e. The predicted molar refractivity (Wildman–Crippen MR) is 107 cm³/mol. The van der Waals surface area contributed by atoms with Crippen molar-refractivity contribution in [2.75, 3.05) is 0 Å². The van der Waals surface area contributed by atoms with Gasteiger partial charge in [0.15, 0.2) is 11.5 Å². The number of carbonyl (C=O) groups is 2. The lowest BCUT2D eigenvalue weighted by Gasteiger charge is -2.15. The molecule has 3 aromatic rings. The first-order chi connectivity index (χ1) is 15.2. The zero-order chi connectivity index (χ0) is 23.3. The van der Waals surface area contributed by atoms with E-state index in [2.05, 4.69) is 20.0 Å². The number of carboxylic acid groups (broad SMARTS) is 1. The normalized spacial score (nSPS) is 10.9. The Morgan fingerprint density at radius 1 is 1.09 bits per heavy atom. The molecule has 1 amide bonds. The number of aromatic carboxylic acids is 1. The zero-order valence-electron chi connectivity index (χ0n) is 17.0. The van der Waals surface area contributed by atoms with Gasteiger partial charge in [-0.05, 0) is 44.2 Å². The third-order valence-electron chi connectivity index (χ3n) is 3.95. The molecule has 168 valence electrons. The van der Waals surface area contributed by atoms with Crippen LogP contribution in [0.5, 0.6) is 11.5 Å². The topological polar surface area (TPSA) is 124 Å². The van der Waals surface area contributed by atoms with Gasteiger partial charge in [0, 0.05) is 5.56 Å². The van der Waals surface area contributed by atoms with Crippen molar-refractivity contribution in [3.05, 3.63) is 59.7 Å². The monoisotopic (exact) mass is 447 g/mol. The van der Waals surface area contributed by atoms with E-state index >= 15 is 0 Å². The lowest BCUT2D eigenvalue weighted by Crippen LogP contribution is -2.24. The summed E-state index contributed by atoms with van der Waals surface area (Å²) in [7, 11) is 0. The van der Waals surface area contributed by atoms with E-state index in [0.29, 0.717) is 11.3 Å². The van der Waals surface area contributed by atoms with Gasteiger partial charge in [0.2, 0.25) is 5.89 Å². The lowest BCUT2D eigenvalue weighted by molar-refractivity contribution is -0.0518. The highest BCUT2D eigenvalue weighted by atomic mass is 19.3. The number of oxazole rings is 1. The molecule has 0 fully saturated rings. The third kappa shape index (κ3) is 5.78. The molecule has 0 spiro atoms. The number of hydrogen-bond acceptors (Lipinski definition) is 7. The molecule has 0 bridgehead atoms. The molecule has 0 aliphatic heterocycles. The second-order valence-corrected chi connectivity index (χ2v) is 6.75. The number of hydrogen-bond donors (Lipinski definition) is 2.